The van der Waals surface area contributed by atoms with Crippen molar-refractivity contribution in [1.82, 2.24) is 15.6 Å². The molecule has 1 aromatic carbocycles. The van der Waals surface area contributed by atoms with Gasteiger partial charge in [0.15, 0.2) is 0 Å². The van der Waals surface area contributed by atoms with E-state index >= 15 is 0 Å². The fraction of sp³-hybridized carbons (Fsp3) is 0.368. The first-order chi connectivity index (χ1) is 12.9. The number of alkyl halides is 3. The maximum Gasteiger partial charge on any atom is 0.416 e. The monoisotopic (exact) mass is 378 g/mol. The fourth-order valence-corrected chi connectivity index (χ4v) is 2.97. The standard InChI is InChI=1S/C19H21F3N4O/c20-19(21,22)16-5-3-4-14(10-16)12-24-18(27)25-13-15-6-7-23-17(11-15)26-8-1-2-9-26/h3-7,10-11H,1-2,8-9,12-13H2,(H2,24,25,27). The van der Waals surface area contributed by atoms with Crippen molar-refractivity contribution in [3.8, 4) is 0 Å². The number of carbonyl (C=O) groups is 1. The van der Waals surface area contributed by atoms with Crippen molar-refractivity contribution in [3.63, 3.8) is 0 Å². The summed E-state index contributed by atoms with van der Waals surface area (Å²) in [7, 11) is 0. The largest absolute Gasteiger partial charge is 0.416 e. The van der Waals surface area contributed by atoms with E-state index in [1.165, 1.54) is 6.07 Å². The van der Waals surface area contributed by atoms with Crippen molar-refractivity contribution >= 4 is 11.8 Å². The first kappa shape index (κ1) is 19.0. The second kappa shape index (κ2) is 8.28. The zero-order valence-electron chi connectivity index (χ0n) is 14.7. The minimum atomic E-state index is -4.40. The van der Waals surface area contributed by atoms with Gasteiger partial charge in [-0.25, -0.2) is 9.78 Å². The molecule has 1 fully saturated rings. The Hall–Kier alpha value is -2.77. The molecule has 0 radical (unpaired) electrons. The number of carbonyl (C=O) groups excluding carboxylic acids is 1. The van der Waals surface area contributed by atoms with Crippen LogP contribution in [-0.2, 0) is 19.3 Å². The van der Waals surface area contributed by atoms with Crippen LogP contribution in [0, 0.1) is 0 Å². The number of hydrogen-bond donors (Lipinski definition) is 2. The molecule has 27 heavy (non-hydrogen) atoms. The molecule has 0 bridgehead atoms. The highest BCUT2D eigenvalue weighted by Gasteiger charge is 2.30. The van der Waals surface area contributed by atoms with Crippen LogP contribution in [0.5, 0.6) is 0 Å². The Bertz CT molecular complexity index is 789. The van der Waals surface area contributed by atoms with Gasteiger partial charge in [0.1, 0.15) is 5.82 Å². The van der Waals surface area contributed by atoms with E-state index in [2.05, 4.69) is 20.5 Å². The molecule has 144 valence electrons. The molecule has 2 aromatic rings. The van der Waals surface area contributed by atoms with E-state index in [4.69, 9.17) is 0 Å². The molecular formula is C19H21F3N4O. The van der Waals surface area contributed by atoms with Crippen LogP contribution in [0.4, 0.5) is 23.8 Å². The zero-order chi connectivity index (χ0) is 19.3. The predicted octanol–water partition coefficient (Wildman–Crippen LogP) is 3.70. The van der Waals surface area contributed by atoms with Gasteiger partial charge in [-0.05, 0) is 48.2 Å². The van der Waals surface area contributed by atoms with Gasteiger partial charge in [-0.3, -0.25) is 0 Å². The lowest BCUT2D eigenvalue weighted by molar-refractivity contribution is -0.137. The number of halogens is 3. The van der Waals surface area contributed by atoms with Gasteiger partial charge in [0.05, 0.1) is 5.56 Å². The third kappa shape index (κ3) is 5.35. The number of urea groups is 1. The highest BCUT2D eigenvalue weighted by molar-refractivity contribution is 5.73. The lowest BCUT2D eigenvalue weighted by atomic mass is 10.1. The van der Waals surface area contributed by atoms with Crippen LogP contribution in [-0.4, -0.2) is 24.1 Å². The summed E-state index contributed by atoms with van der Waals surface area (Å²) in [4.78, 5) is 18.5. The number of hydrogen-bond acceptors (Lipinski definition) is 3. The summed E-state index contributed by atoms with van der Waals surface area (Å²) in [6, 6.07) is 8.24. The van der Waals surface area contributed by atoms with Gasteiger partial charge < -0.3 is 15.5 Å². The topological polar surface area (TPSA) is 57.3 Å². The van der Waals surface area contributed by atoms with Crippen LogP contribution in [0.3, 0.4) is 0 Å². The van der Waals surface area contributed by atoms with Gasteiger partial charge in [0, 0.05) is 32.4 Å². The second-order valence-corrected chi connectivity index (χ2v) is 6.45. The summed E-state index contributed by atoms with van der Waals surface area (Å²) in [5.41, 5.74) is 0.578. The molecule has 0 atom stereocenters. The van der Waals surface area contributed by atoms with Crippen LogP contribution >= 0.6 is 0 Å². The lowest BCUT2D eigenvalue weighted by Crippen LogP contribution is -2.34. The van der Waals surface area contributed by atoms with E-state index in [0.717, 1.165) is 49.4 Å². The number of aromatic nitrogens is 1. The van der Waals surface area contributed by atoms with Crippen molar-refractivity contribution in [2.24, 2.45) is 0 Å². The smallest absolute Gasteiger partial charge is 0.357 e. The Labute approximate surface area is 155 Å². The molecule has 1 aliphatic rings. The third-order valence-electron chi connectivity index (χ3n) is 4.40. The van der Waals surface area contributed by atoms with Gasteiger partial charge in [0.25, 0.3) is 0 Å². The molecule has 5 nitrogen and oxygen atoms in total. The zero-order valence-corrected chi connectivity index (χ0v) is 14.7. The minimum Gasteiger partial charge on any atom is -0.357 e. The van der Waals surface area contributed by atoms with Gasteiger partial charge in [-0.15, -0.1) is 0 Å². The van der Waals surface area contributed by atoms with Gasteiger partial charge in [-0.1, -0.05) is 12.1 Å². The molecule has 1 aromatic heterocycles. The summed E-state index contributed by atoms with van der Waals surface area (Å²) in [5, 5.41) is 5.29. The van der Waals surface area contributed by atoms with Crippen molar-refractivity contribution < 1.29 is 18.0 Å². The molecule has 1 aliphatic heterocycles. The Morgan fingerprint density at radius 2 is 1.70 bits per heavy atom. The highest BCUT2D eigenvalue weighted by atomic mass is 19.4. The Kier molecular flexibility index (Phi) is 5.83. The molecule has 0 unspecified atom stereocenters. The number of amides is 2. The SMILES string of the molecule is O=C(NCc1cccc(C(F)(F)F)c1)NCc1ccnc(N2CCCC2)c1. The molecule has 0 aliphatic carbocycles. The fourth-order valence-electron chi connectivity index (χ4n) is 2.97. The lowest BCUT2D eigenvalue weighted by Gasteiger charge is -2.17. The number of rotatable bonds is 5. The molecular weight excluding hydrogens is 357 g/mol. The van der Waals surface area contributed by atoms with Crippen LogP contribution in [0.2, 0.25) is 0 Å². The van der Waals surface area contributed by atoms with Crippen LogP contribution in [0.25, 0.3) is 0 Å². The van der Waals surface area contributed by atoms with E-state index in [9.17, 15) is 18.0 Å². The van der Waals surface area contributed by atoms with Gasteiger partial charge >= 0.3 is 12.2 Å². The second-order valence-electron chi connectivity index (χ2n) is 6.45. The van der Waals surface area contributed by atoms with Crippen LogP contribution in [0.1, 0.15) is 29.5 Å². The maximum absolute atomic E-state index is 12.7. The van der Waals surface area contributed by atoms with E-state index in [-0.39, 0.29) is 6.54 Å². The number of benzene rings is 1. The average Bonchev–Trinajstić information content (AvgIpc) is 3.19. The quantitative estimate of drug-likeness (QED) is 0.834. The molecule has 8 heteroatoms. The van der Waals surface area contributed by atoms with Crippen molar-refractivity contribution in [3.05, 3.63) is 59.3 Å². The Balaban J connectivity index is 1.49. The summed E-state index contributed by atoms with van der Waals surface area (Å²) >= 11 is 0. The van der Waals surface area contributed by atoms with Crippen molar-refractivity contribution in [1.29, 1.82) is 0 Å². The summed E-state index contributed by atoms with van der Waals surface area (Å²) in [5.74, 6) is 0.899. The number of nitrogens with one attached hydrogen (secondary N) is 2. The summed E-state index contributed by atoms with van der Waals surface area (Å²) in [6.45, 7) is 2.31. The number of anilines is 1. The van der Waals surface area contributed by atoms with E-state index in [0.29, 0.717) is 12.1 Å². The molecule has 2 N–H and O–H groups in total. The number of pyridine rings is 1. The van der Waals surface area contributed by atoms with Crippen molar-refractivity contribution in [2.45, 2.75) is 32.1 Å². The summed E-state index contributed by atoms with van der Waals surface area (Å²) in [6.07, 6.45) is -0.373. The molecule has 0 spiro atoms. The molecule has 1 saturated heterocycles. The normalized spacial score (nSPS) is 14.3. The van der Waals surface area contributed by atoms with Crippen LogP contribution in [0.15, 0.2) is 42.6 Å². The highest BCUT2D eigenvalue weighted by Crippen LogP contribution is 2.29. The molecule has 0 saturated carbocycles. The number of nitrogens with zero attached hydrogens (tertiary/aromatic N) is 2. The molecule has 3 rings (SSSR count). The van der Waals surface area contributed by atoms with Gasteiger partial charge in [-0.2, -0.15) is 13.2 Å². The Morgan fingerprint density at radius 1 is 1.04 bits per heavy atom. The first-order valence-electron chi connectivity index (χ1n) is 8.79. The van der Waals surface area contributed by atoms with Crippen LogP contribution < -0.4 is 15.5 Å². The summed E-state index contributed by atoms with van der Waals surface area (Å²) < 4.78 is 38.1. The Morgan fingerprint density at radius 3 is 2.37 bits per heavy atom. The predicted molar refractivity (Wildman–Crippen MR) is 96.2 cm³/mol. The minimum absolute atomic E-state index is 0.0190. The van der Waals surface area contributed by atoms with Crippen molar-refractivity contribution in [2.75, 3.05) is 18.0 Å². The van der Waals surface area contributed by atoms with E-state index in [1.807, 2.05) is 12.1 Å². The van der Waals surface area contributed by atoms with Gasteiger partial charge in [0.2, 0.25) is 0 Å². The third-order valence-corrected chi connectivity index (χ3v) is 4.40. The maximum atomic E-state index is 12.7. The average molecular weight is 378 g/mol. The first-order valence-corrected chi connectivity index (χ1v) is 8.79. The van der Waals surface area contributed by atoms with E-state index < -0.39 is 17.8 Å². The molecule has 2 amide bonds. The van der Waals surface area contributed by atoms with E-state index in [1.54, 1.807) is 12.3 Å². The molecule has 2 heterocycles.